The molecule has 0 radical (unpaired) electrons. The Hall–Kier alpha value is -3.49. The molecule has 0 bridgehead atoms. The molecule has 2 amide bonds. The molecule has 0 aliphatic carbocycles. The fourth-order valence-electron chi connectivity index (χ4n) is 4.73. The van der Waals surface area contributed by atoms with Crippen LogP contribution in [0, 0.1) is 5.92 Å². The Bertz CT molecular complexity index is 1200. The maximum absolute atomic E-state index is 13.0. The van der Waals surface area contributed by atoms with Gasteiger partial charge in [-0.05, 0) is 36.2 Å². The van der Waals surface area contributed by atoms with Crippen LogP contribution in [0.3, 0.4) is 0 Å². The molecule has 2 aromatic carbocycles. The highest BCUT2D eigenvalue weighted by Gasteiger charge is 2.38. The van der Waals surface area contributed by atoms with Gasteiger partial charge in [0.15, 0.2) is 0 Å². The van der Waals surface area contributed by atoms with Crippen molar-refractivity contribution in [2.24, 2.45) is 5.92 Å². The number of rotatable bonds is 9. The number of nitrogens with one attached hydrogen (secondary N) is 2. The first kappa shape index (κ1) is 24.6. The molecule has 8 nitrogen and oxygen atoms in total. The Kier molecular flexibility index (Phi) is 7.63. The summed E-state index contributed by atoms with van der Waals surface area (Å²) >= 11 is 0. The van der Waals surface area contributed by atoms with E-state index < -0.39 is 11.8 Å². The Balaban J connectivity index is 1.47. The van der Waals surface area contributed by atoms with Crippen molar-refractivity contribution in [2.45, 2.75) is 38.8 Å². The number of hydrogen-bond acceptors (Lipinski definition) is 5. The van der Waals surface area contributed by atoms with Crippen LogP contribution in [0.15, 0.2) is 61.2 Å². The molecule has 3 N–H and O–H groups in total. The number of hydrogen-bond donors (Lipinski definition) is 3. The van der Waals surface area contributed by atoms with Crippen molar-refractivity contribution < 1.29 is 14.8 Å². The lowest BCUT2D eigenvalue weighted by Gasteiger charge is -2.18. The number of carbonyl (C=O) groups excluding carboxylic acids is 2. The number of para-hydroxylation sites is 2. The molecule has 35 heavy (non-hydrogen) atoms. The average molecular weight is 476 g/mol. The van der Waals surface area contributed by atoms with E-state index in [-0.39, 0.29) is 17.9 Å². The van der Waals surface area contributed by atoms with Gasteiger partial charge in [-0.15, -0.1) is 6.58 Å². The summed E-state index contributed by atoms with van der Waals surface area (Å²) in [4.78, 5) is 32.0. The van der Waals surface area contributed by atoms with Crippen LogP contribution >= 0.6 is 0 Å². The Morgan fingerprint density at radius 2 is 1.91 bits per heavy atom. The first-order valence-electron chi connectivity index (χ1n) is 12.0. The molecule has 1 saturated heterocycles. The smallest absolute Gasteiger partial charge is 0.251 e. The Labute approximate surface area is 205 Å². The lowest BCUT2D eigenvalue weighted by atomic mass is 10.0. The maximum atomic E-state index is 13.0. The van der Waals surface area contributed by atoms with Gasteiger partial charge >= 0.3 is 0 Å². The fraction of sp³-hybridized carbons (Fsp3) is 0.370. The normalized spacial score (nSPS) is 18.2. The number of likely N-dealkylation sites (tertiary alicyclic amines) is 1. The minimum Gasteiger partial charge on any atom is -0.347 e. The Morgan fingerprint density at radius 3 is 2.60 bits per heavy atom. The van der Waals surface area contributed by atoms with Crippen LogP contribution in [0.2, 0.25) is 0 Å². The van der Waals surface area contributed by atoms with Gasteiger partial charge < -0.3 is 14.8 Å². The van der Waals surface area contributed by atoms with Crippen LogP contribution in [0.1, 0.15) is 47.9 Å². The average Bonchev–Trinajstić information content (AvgIpc) is 3.44. The molecule has 0 spiro atoms. The molecule has 3 aromatic rings. The summed E-state index contributed by atoms with van der Waals surface area (Å²) in [5.74, 6) is 0.0773. The zero-order valence-corrected chi connectivity index (χ0v) is 20.3. The minimum atomic E-state index is -0.517. The highest BCUT2D eigenvalue weighted by molar-refractivity contribution is 5.95. The third-order valence-electron chi connectivity index (χ3n) is 6.57. The fourth-order valence-corrected chi connectivity index (χ4v) is 4.73. The summed E-state index contributed by atoms with van der Waals surface area (Å²) in [7, 11) is 0. The van der Waals surface area contributed by atoms with Crippen LogP contribution in [0.4, 0.5) is 0 Å². The van der Waals surface area contributed by atoms with Gasteiger partial charge in [-0.2, -0.15) is 0 Å². The van der Waals surface area contributed by atoms with Gasteiger partial charge in [-0.1, -0.05) is 44.2 Å². The van der Waals surface area contributed by atoms with Crippen molar-refractivity contribution in [3.63, 3.8) is 0 Å². The summed E-state index contributed by atoms with van der Waals surface area (Å²) in [6.07, 6.45) is 2.62. The lowest BCUT2D eigenvalue weighted by molar-refractivity contribution is -0.133. The van der Waals surface area contributed by atoms with Crippen LogP contribution in [-0.2, 0) is 11.3 Å². The zero-order valence-electron chi connectivity index (χ0n) is 20.3. The summed E-state index contributed by atoms with van der Waals surface area (Å²) in [6.45, 7) is 10.4. The molecule has 2 atom stereocenters. The Morgan fingerprint density at radius 1 is 1.17 bits per heavy atom. The van der Waals surface area contributed by atoms with Gasteiger partial charge in [-0.3, -0.25) is 14.8 Å². The molecule has 4 rings (SSSR count). The van der Waals surface area contributed by atoms with Crippen molar-refractivity contribution in [1.82, 2.24) is 25.2 Å². The number of nitrogens with zero attached hydrogens (tertiary/aromatic N) is 3. The van der Waals surface area contributed by atoms with Crippen LogP contribution in [0.25, 0.3) is 11.0 Å². The topological polar surface area (TPSA) is 99.5 Å². The number of imidazole rings is 1. The molecule has 1 fully saturated rings. The van der Waals surface area contributed by atoms with Gasteiger partial charge in [0.1, 0.15) is 5.82 Å². The quantitative estimate of drug-likeness (QED) is 0.251. The summed E-state index contributed by atoms with van der Waals surface area (Å²) in [6, 6.07) is 15.3. The van der Waals surface area contributed by atoms with Crippen LogP contribution in [-0.4, -0.2) is 57.1 Å². The van der Waals surface area contributed by atoms with Crippen molar-refractivity contribution in [3.8, 4) is 0 Å². The van der Waals surface area contributed by atoms with E-state index in [1.807, 2.05) is 48.5 Å². The number of benzene rings is 2. The van der Waals surface area contributed by atoms with Gasteiger partial charge in [0, 0.05) is 37.7 Å². The second kappa shape index (κ2) is 10.8. The highest BCUT2D eigenvalue weighted by Crippen LogP contribution is 2.23. The van der Waals surface area contributed by atoms with E-state index in [0.29, 0.717) is 25.2 Å². The molecule has 2 heterocycles. The first-order valence-corrected chi connectivity index (χ1v) is 12.0. The zero-order chi connectivity index (χ0) is 24.9. The maximum Gasteiger partial charge on any atom is 0.251 e. The predicted octanol–water partition coefficient (Wildman–Crippen LogP) is 3.32. The van der Waals surface area contributed by atoms with Crippen molar-refractivity contribution in [1.29, 1.82) is 0 Å². The van der Waals surface area contributed by atoms with Crippen LogP contribution < -0.4 is 10.8 Å². The van der Waals surface area contributed by atoms with E-state index >= 15 is 0 Å². The minimum absolute atomic E-state index is 0.237. The molecule has 0 saturated carbocycles. The SMILES string of the molecule is C=CCCN1C[C@H](C(=O)NO)[C@H](NC(=O)c2ccc(Cn3c(C(C)C)nc4ccccc43)cc2)C1. The van der Waals surface area contributed by atoms with Gasteiger partial charge in [-0.25, -0.2) is 10.5 Å². The molecule has 8 heteroatoms. The van der Waals surface area contributed by atoms with Crippen molar-refractivity contribution in [2.75, 3.05) is 19.6 Å². The van der Waals surface area contributed by atoms with Gasteiger partial charge in [0.2, 0.25) is 5.91 Å². The van der Waals surface area contributed by atoms with Gasteiger partial charge in [0.25, 0.3) is 5.91 Å². The van der Waals surface area contributed by atoms with E-state index in [9.17, 15) is 9.59 Å². The van der Waals surface area contributed by atoms with E-state index in [1.54, 1.807) is 5.48 Å². The molecule has 1 aromatic heterocycles. The molecule has 0 unspecified atom stereocenters. The largest absolute Gasteiger partial charge is 0.347 e. The molecule has 1 aliphatic rings. The number of aromatic nitrogens is 2. The summed E-state index contributed by atoms with van der Waals surface area (Å²) < 4.78 is 2.23. The van der Waals surface area contributed by atoms with E-state index in [1.165, 1.54) is 0 Å². The number of fused-ring (bicyclic) bond motifs is 1. The molecule has 1 aliphatic heterocycles. The van der Waals surface area contributed by atoms with E-state index in [4.69, 9.17) is 10.2 Å². The molecular weight excluding hydrogens is 442 g/mol. The first-order chi connectivity index (χ1) is 16.9. The molecule has 184 valence electrons. The predicted molar refractivity (Wildman–Crippen MR) is 135 cm³/mol. The van der Waals surface area contributed by atoms with E-state index in [2.05, 4.69) is 41.3 Å². The highest BCUT2D eigenvalue weighted by atomic mass is 16.5. The monoisotopic (exact) mass is 475 g/mol. The number of amides is 2. The van der Waals surface area contributed by atoms with Gasteiger partial charge in [0.05, 0.1) is 23.0 Å². The lowest BCUT2D eigenvalue weighted by Crippen LogP contribution is -2.45. The number of carbonyl (C=O) groups is 2. The second-order valence-electron chi connectivity index (χ2n) is 9.40. The van der Waals surface area contributed by atoms with Crippen molar-refractivity contribution >= 4 is 22.8 Å². The third kappa shape index (κ3) is 5.44. The molecular formula is C27H33N5O3. The second-order valence-corrected chi connectivity index (χ2v) is 9.40. The number of hydroxylamine groups is 1. The summed E-state index contributed by atoms with van der Waals surface area (Å²) in [5, 5.41) is 12.1. The van der Waals surface area contributed by atoms with E-state index in [0.717, 1.165) is 35.4 Å². The van der Waals surface area contributed by atoms with Crippen LogP contribution in [0.5, 0.6) is 0 Å². The standard InChI is InChI=1S/C27H33N5O3/c1-4-5-14-31-16-21(27(34)30-35)23(17-31)29-26(33)20-12-10-19(11-13-20)15-32-24-9-7-6-8-22(24)28-25(32)18(2)3/h4,6-13,18,21,23,35H,1,5,14-17H2,2-3H3,(H,29,33)(H,30,34)/t21-,23+/m0/s1. The third-order valence-corrected chi connectivity index (χ3v) is 6.57. The summed E-state index contributed by atoms with van der Waals surface area (Å²) in [5.41, 5.74) is 5.40. The van der Waals surface area contributed by atoms with Crippen molar-refractivity contribution in [3.05, 3.63) is 78.1 Å².